The minimum Gasteiger partial charge on any atom is -0.396 e. The van der Waals surface area contributed by atoms with Crippen LogP contribution in [-0.4, -0.2) is 11.7 Å². The molecule has 0 fully saturated rings. The van der Waals surface area contributed by atoms with Crippen molar-refractivity contribution in [3.05, 3.63) is 0 Å². The third-order valence-electron chi connectivity index (χ3n) is 0.479. The van der Waals surface area contributed by atoms with Crippen LogP contribution in [0.25, 0.3) is 0 Å². The van der Waals surface area contributed by atoms with Gasteiger partial charge in [0.2, 0.25) is 0 Å². The summed E-state index contributed by atoms with van der Waals surface area (Å²) in [5.41, 5.74) is 0. The van der Waals surface area contributed by atoms with Gasteiger partial charge >= 0.3 is 0 Å². The number of hydrogen-bond donors (Lipinski definition) is 1. The van der Waals surface area contributed by atoms with E-state index in [9.17, 15) is 0 Å². The van der Waals surface area contributed by atoms with Crippen molar-refractivity contribution < 1.29 is 169 Å². The van der Waals surface area contributed by atoms with Crippen LogP contribution in [0.3, 0.4) is 0 Å². The van der Waals surface area contributed by atoms with E-state index in [1.54, 1.807) is 0 Å². The van der Waals surface area contributed by atoms with Crippen LogP contribution in [0.5, 0.6) is 0 Å². The van der Waals surface area contributed by atoms with E-state index in [1.165, 1.54) is 0 Å². The van der Waals surface area contributed by atoms with Gasteiger partial charge in [0.25, 0.3) is 0 Å². The Hall–Kier alpha value is 5.04. The first kappa shape index (κ1) is 36.0. The Labute approximate surface area is 195 Å². The van der Waals surface area contributed by atoms with Crippen molar-refractivity contribution in [2.75, 3.05) is 6.61 Å². The molecule has 0 saturated carbocycles. The van der Waals surface area contributed by atoms with Gasteiger partial charge < -0.3 is 5.11 Å². The van der Waals surface area contributed by atoms with E-state index >= 15 is 0 Å². The van der Waals surface area contributed by atoms with Crippen LogP contribution in [0.4, 0.5) is 0 Å². The van der Waals surface area contributed by atoms with Crippen LogP contribution in [0, 0.1) is 12.3 Å². The van der Waals surface area contributed by atoms with Crippen molar-refractivity contribution >= 4 is 0 Å². The van der Waals surface area contributed by atoms with Gasteiger partial charge in [-0.3, -0.25) is 0 Å². The summed E-state index contributed by atoms with van der Waals surface area (Å²) in [6.07, 6.45) is 6.28. The number of aliphatic hydroxyl groups is 1. The molecule has 0 aromatic heterocycles. The maximum atomic E-state index is 8.10. The molecule has 0 rings (SSSR count). The normalized spacial score (nSPS) is 4.00. The van der Waals surface area contributed by atoms with Crippen molar-refractivity contribution in [1.82, 2.24) is 0 Å². The van der Waals surface area contributed by atoms with E-state index in [1.807, 2.05) is 0 Å². The smallest absolute Gasteiger partial charge is 0.0440 e. The van der Waals surface area contributed by atoms with Crippen molar-refractivity contribution in [3.8, 4) is 12.3 Å². The summed E-state index contributed by atoms with van der Waals surface area (Å²) in [5.74, 6) is 2.41. The minimum atomic E-state index is 0. The standard InChI is InChI=1S/C5H8O.5Y/c1-2-3-4-5-6;;;;;/h1,6H,3-5H2;;;;;. The molecule has 0 aliphatic rings. The van der Waals surface area contributed by atoms with Gasteiger partial charge in [-0.25, -0.2) is 0 Å². The molecule has 1 nitrogen and oxygen atoms in total. The average molecular weight is 529 g/mol. The molecular weight excluding hydrogens is 521 g/mol. The molecule has 0 aliphatic heterocycles. The van der Waals surface area contributed by atoms with E-state index in [-0.39, 0.29) is 170 Å². The third kappa shape index (κ3) is 39.6. The number of aliphatic hydroxyl groups excluding tert-OH is 1. The molecule has 49 valence electrons. The number of hydrogen-bond acceptors (Lipinski definition) is 1. The quantitative estimate of drug-likeness (QED) is 0.406. The second kappa shape index (κ2) is 36.3. The maximum absolute atomic E-state index is 8.10. The molecule has 6 heteroatoms. The first-order chi connectivity index (χ1) is 2.91. The molecule has 0 bridgehead atoms. The topological polar surface area (TPSA) is 20.2 Å². The molecule has 11 heavy (non-hydrogen) atoms. The van der Waals surface area contributed by atoms with E-state index in [0.29, 0.717) is 6.42 Å². The Morgan fingerprint density at radius 1 is 1.00 bits per heavy atom. The molecule has 5 radical (unpaired) electrons. The molecule has 0 aromatic carbocycles. The number of rotatable bonds is 2. The van der Waals surface area contributed by atoms with Gasteiger partial charge in [-0.15, -0.1) is 12.3 Å². The van der Waals surface area contributed by atoms with Crippen LogP contribution in [0.2, 0.25) is 0 Å². The minimum absolute atomic E-state index is 0. The molecule has 0 spiro atoms. The Bertz CT molecular complexity index is 62.4. The summed E-state index contributed by atoms with van der Waals surface area (Å²) in [6, 6.07) is 0. The first-order valence-corrected chi connectivity index (χ1v) is 1.96. The van der Waals surface area contributed by atoms with E-state index in [4.69, 9.17) is 11.5 Å². The molecule has 0 saturated heterocycles. The van der Waals surface area contributed by atoms with Crippen molar-refractivity contribution in [2.45, 2.75) is 12.8 Å². The summed E-state index contributed by atoms with van der Waals surface area (Å²) in [5, 5.41) is 8.10. The van der Waals surface area contributed by atoms with Crippen molar-refractivity contribution in [1.29, 1.82) is 0 Å². The molecule has 0 aromatic rings. The van der Waals surface area contributed by atoms with Crippen molar-refractivity contribution in [3.63, 3.8) is 0 Å². The third-order valence-corrected chi connectivity index (χ3v) is 0.479. The van der Waals surface area contributed by atoms with Gasteiger partial charge in [0.05, 0.1) is 0 Å². The van der Waals surface area contributed by atoms with Crippen LogP contribution < -0.4 is 0 Å². The Kier molecular flexibility index (Phi) is 119. The molecule has 0 amide bonds. The monoisotopic (exact) mass is 529 g/mol. The van der Waals surface area contributed by atoms with Gasteiger partial charge in [0.1, 0.15) is 0 Å². The molecule has 1 N–H and O–H groups in total. The zero-order chi connectivity index (χ0) is 4.83. The average Bonchev–Trinajstić information content (AvgIpc) is 1.61. The van der Waals surface area contributed by atoms with Crippen LogP contribution in [0.15, 0.2) is 0 Å². The van der Waals surface area contributed by atoms with Gasteiger partial charge in [0, 0.05) is 177 Å². The summed E-state index contributed by atoms with van der Waals surface area (Å²) in [7, 11) is 0. The fourth-order valence-corrected chi connectivity index (χ4v) is 0.181. The zero-order valence-electron chi connectivity index (χ0n) is 6.53. The van der Waals surface area contributed by atoms with E-state index < -0.39 is 0 Å². The van der Waals surface area contributed by atoms with Crippen molar-refractivity contribution in [2.24, 2.45) is 0 Å². The molecular formula is C5H8OY5. The predicted molar refractivity (Wildman–Crippen MR) is 25.2 cm³/mol. The van der Waals surface area contributed by atoms with Crippen LogP contribution >= 0.6 is 0 Å². The fourth-order valence-electron chi connectivity index (χ4n) is 0.181. The summed E-state index contributed by atoms with van der Waals surface area (Å²) in [4.78, 5) is 0. The Balaban J connectivity index is -0.0000000125. The molecule has 0 unspecified atom stereocenters. The second-order valence-electron chi connectivity index (χ2n) is 1.03. The van der Waals surface area contributed by atoms with Crippen LogP contribution in [-0.2, 0) is 164 Å². The van der Waals surface area contributed by atoms with E-state index in [2.05, 4.69) is 5.92 Å². The Morgan fingerprint density at radius 2 is 1.36 bits per heavy atom. The van der Waals surface area contributed by atoms with Gasteiger partial charge in [-0.2, -0.15) is 0 Å². The summed E-state index contributed by atoms with van der Waals surface area (Å²) < 4.78 is 0. The molecule has 0 heterocycles. The molecule has 0 aliphatic carbocycles. The molecule has 0 atom stereocenters. The van der Waals surface area contributed by atoms with Gasteiger partial charge in [0.15, 0.2) is 0 Å². The maximum Gasteiger partial charge on any atom is 0.0440 e. The first-order valence-electron chi connectivity index (χ1n) is 1.96. The van der Waals surface area contributed by atoms with Gasteiger partial charge in [-0.1, -0.05) is 0 Å². The second-order valence-corrected chi connectivity index (χ2v) is 1.03. The zero-order valence-corrected chi connectivity index (χ0v) is 20.7. The number of unbranched alkanes of at least 4 members (excludes halogenated alkanes) is 1. The number of terminal acetylenes is 1. The Morgan fingerprint density at radius 3 is 1.45 bits per heavy atom. The largest absolute Gasteiger partial charge is 0.396 e. The van der Waals surface area contributed by atoms with Gasteiger partial charge in [-0.05, 0) is 6.42 Å². The SMILES string of the molecule is C#CCCCO.[Y].[Y].[Y].[Y].[Y]. The van der Waals surface area contributed by atoms with E-state index in [0.717, 1.165) is 6.42 Å². The summed E-state index contributed by atoms with van der Waals surface area (Å²) in [6.45, 7) is 0.212. The summed E-state index contributed by atoms with van der Waals surface area (Å²) >= 11 is 0. The van der Waals surface area contributed by atoms with Crippen LogP contribution in [0.1, 0.15) is 12.8 Å². The predicted octanol–water partition coefficient (Wildman–Crippen LogP) is 0.380. The fraction of sp³-hybridized carbons (Fsp3) is 0.600.